The van der Waals surface area contributed by atoms with Gasteiger partial charge in [-0.25, -0.2) is 5.43 Å². The Hall–Kier alpha value is -0.570. The number of amides is 1. The van der Waals surface area contributed by atoms with Crippen LogP contribution in [0.4, 0.5) is 0 Å². The van der Waals surface area contributed by atoms with Crippen LogP contribution in [0.25, 0.3) is 0 Å². The minimum atomic E-state index is 0.673. The lowest BCUT2D eigenvalue weighted by Gasteiger charge is -2.14. The van der Waals surface area contributed by atoms with Crippen molar-refractivity contribution in [2.45, 2.75) is 39.5 Å². The molecule has 3 heteroatoms. The van der Waals surface area contributed by atoms with E-state index in [0.29, 0.717) is 12.3 Å². The van der Waals surface area contributed by atoms with Gasteiger partial charge in [-0.15, -0.1) is 0 Å². The summed E-state index contributed by atoms with van der Waals surface area (Å²) in [6.07, 6.45) is 5.62. The summed E-state index contributed by atoms with van der Waals surface area (Å²) in [7, 11) is 0. The topological polar surface area (TPSA) is 41.1 Å². The van der Waals surface area contributed by atoms with Gasteiger partial charge in [-0.1, -0.05) is 33.1 Å². The van der Waals surface area contributed by atoms with Crippen LogP contribution in [-0.4, -0.2) is 13.0 Å². The lowest BCUT2D eigenvalue weighted by Crippen LogP contribution is -2.34. The fourth-order valence-corrected chi connectivity index (χ4v) is 1.19. The van der Waals surface area contributed by atoms with E-state index in [1.807, 2.05) is 0 Å². The van der Waals surface area contributed by atoms with Gasteiger partial charge in [0.25, 0.3) is 0 Å². The molecule has 72 valence electrons. The predicted molar refractivity (Wildman–Crippen MR) is 50.5 cm³/mol. The molecule has 3 nitrogen and oxygen atoms in total. The lowest BCUT2D eigenvalue weighted by atomic mass is 10.00. The molecule has 2 N–H and O–H groups in total. The molecule has 0 spiro atoms. The Morgan fingerprint density at radius 1 is 1.42 bits per heavy atom. The second-order valence-corrected chi connectivity index (χ2v) is 3.06. The molecule has 1 atom stereocenters. The van der Waals surface area contributed by atoms with E-state index in [4.69, 9.17) is 0 Å². The van der Waals surface area contributed by atoms with E-state index in [0.717, 1.165) is 6.54 Å². The summed E-state index contributed by atoms with van der Waals surface area (Å²) in [5.74, 6) is 0.692. The van der Waals surface area contributed by atoms with Crippen molar-refractivity contribution in [1.82, 2.24) is 10.9 Å². The van der Waals surface area contributed by atoms with Crippen molar-refractivity contribution in [3.8, 4) is 0 Å². The maximum atomic E-state index is 9.92. The molecule has 12 heavy (non-hydrogen) atoms. The number of hydrogen-bond acceptors (Lipinski definition) is 2. The maximum Gasteiger partial charge on any atom is 0.221 e. The Bertz CT molecular complexity index is 107. The Kier molecular flexibility index (Phi) is 8.12. The second-order valence-electron chi connectivity index (χ2n) is 3.06. The standard InChI is InChI=1S/C9H20N2O/c1-3-5-6-9(4-2)7-10-11-8-12/h8-10H,3-7H2,1-2H3,(H,11,12). The molecule has 0 fully saturated rings. The summed E-state index contributed by atoms with van der Waals surface area (Å²) in [5, 5.41) is 0. The fourth-order valence-electron chi connectivity index (χ4n) is 1.19. The van der Waals surface area contributed by atoms with E-state index in [1.54, 1.807) is 0 Å². The van der Waals surface area contributed by atoms with Gasteiger partial charge in [-0.05, 0) is 12.3 Å². The Morgan fingerprint density at radius 3 is 2.67 bits per heavy atom. The van der Waals surface area contributed by atoms with Gasteiger partial charge in [0.1, 0.15) is 0 Å². The molecule has 1 unspecified atom stereocenters. The highest BCUT2D eigenvalue weighted by Gasteiger charge is 2.03. The molecular formula is C9H20N2O. The smallest absolute Gasteiger partial charge is 0.221 e. The number of rotatable bonds is 8. The molecular weight excluding hydrogens is 152 g/mol. The van der Waals surface area contributed by atoms with E-state index in [9.17, 15) is 4.79 Å². The number of hydrazine groups is 1. The molecule has 0 aromatic rings. The summed E-state index contributed by atoms with van der Waals surface area (Å²) in [6, 6.07) is 0. The Morgan fingerprint density at radius 2 is 2.17 bits per heavy atom. The van der Waals surface area contributed by atoms with Gasteiger partial charge in [0.15, 0.2) is 0 Å². The largest absolute Gasteiger partial charge is 0.294 e. The maximum absolute atomic E-state index is 9.92. The van der Waals surface area contributed by atoms with Crippen molar-refractivity contribution in [3.63, 3.8) is 0 Å². The van der Waals surface area contributed by atoms with Crippen molar-refractivity contribution in [2.24, 2.45) is 5.92 Å². The fraction of sp³-hybridized carbons (Fsp3) is 0.889. The minimum Gasteiger partial charge on any atom is -0.294 e. The number of hydrogen-bond donors (Lipinski definition) is 2. The molecule has 0 aliphatic carbocycles. The molecule has 0 heterocycles. The van der Waals surface area contributed by atoms with Crippen LogP contribution in [0, 0.1) is 5.92 Å². The zero-order valence-corrected chi connectivity index (χ0v) is 8.10. The van der Waals surface area contributed by atoms with Crippen LogP contribution in [0.1, 0.15) is 39.5 Å². The van der Waals surface area contributed by atoms with Crippen LogP contribution >= 0.6 is 0 Å². The molecule has 0 radical (unpaired) electrons. The number of nitrogens with one attached hydrogen (secondary N) is 2. The first-order valence-corrected chi connectivity index (χ1v) is 4.77. The summed E-state index contributed by atoms with van der Waals surface area (Å²) in [4.78, 5) is 9.92. The molecule has 0 bridgehead atoms. The van der Waals surface area contributed by atoms with Gasteiger partial charge in [-0.3, -0.25) is 10.2 Å². The molecule has 0 aliphatic heterocycles. The highest BCUT2D eigenvalue weighted by atomic mass is 16.1. The van der Waals surface area contributed by atoms with Crippen LogP contribution in [0.3, 0.4) is 0 Å². The van der Waals surface area contributed by atoms with Crippen LogP contribution < -0.4 is 10.9 Å². The third-order valence-electron chi connectivity index (χ3n) is 2.10. The first-order chi connectivity index (χ1) is 5.85. The van der Waals surface area contributed by atoms with Crippen molar-refractivity contribution < 1.29 is 4.79 Å². The van der Waals surface area contributed by atoms with Gasteiger partial charge in [-0.2, -0.15) is 0 Å². The van der Waals surface area contributed by atoms with E-state index in [-0.39, 0.29) is 0 Å². The lowest BCUT2D eigenvalue weighted by molar-refractivity contribution is -0.110. The molecule has 0 aromatic heterocycles. The van der Waals surface area contributed by atoms with Crippen LogP contribution in [-0.2, 0) is 4.79 Å². The third kappa shape index (κ3) is 6.16. The van der Waals surface area contributed by atoms with Crippen LogP contribution in [0.5, 0.6) is 0 Å². The van der Waals surface area contributed by atoms with Crippen molar-refractivity contribution >= 4 is 6.41 Å². The molecule has 1 amide bonds. The highest BCUT2D eigenvalue weighted by molar-refractivity contribution is 5.44. The predicted octanol–water partition coefficient (Wildman–Crippen LogP) is 1.45. The molecule has 0 aromatic carbocycles. The molecule has 0 aliphatic rings. The van der Waals surface area contributed by atoms with Crippen LogP contribution in [0.2, 0.25) is 0 Å². The second kappa shape index (κ2) is 8.53. The SMILES string of the molecule is CCCCC(CC)CNNC=O. The first-order valence-electron chi connectivity index (χ1n) is 4.77. The Balaban J connectivity index is 3.32. The Labute approximate surface area is 74.9 Å². The van der Waals surface area contributed by atoms with Gasteiger partial charge in [0.2, 0.25) is 6.41 Å². The third-order valence-corrected chi connectivity index (χ3v) is 2.10. The summed E-state index contributed by atoms with van der Waals surface area (Å²) in [5.41, 5.74) is 5.34. The quantitative estimate of drug-likeness (QED) is 0.330. The first kappa shape index (κ1) is 11.4. The number of carbonyl (C=O) groups excluding carboxylic acids is 1. The summed E-state index contributed by atoms with van der Waals surface area (Å²) in [6.45, 7) is 5.27. The summed E-state index contributed by atoms with van der Waals surface area (Å²) < 4.78 is 0. The van der Waals surface area contributed by atoms with Crippen molar-refractivity contribution in [2.75, 3.05) is 6.54 Å². The monoisotopic (exact) mass is 172 g/mol. The number of unbranched alkanes of at least 4 members (excludes halogenated alkanes) is 1. The molecule has 0 saturated heterocycles. The minimum absolute atomic E-state index is 0.673. The van der Waals surface area contributed by atoms with Crippen molar-refractivity contribution in [1.29, 1.82) is 0 Å². The summed E-state index contributed by atoms with van der Waals surface area (Å²) >= 11 is 0. The van der Waals surface area contributed by atoms with Gasteiger partial charge < -0.3 is 0 Å². The highest BCUT2D eigenvalue weighted by Crippen LogP contribution is 2.10. The molecule has 0 rings (SSSR count). The van der Waals surface area contributed by atoms with Crippen molar-refractivity contribution in [3.05, 3.63) is 0 Å². The van der Waals surface area contributed by atoms with Crippen LogP contribution in [0.15, 0.2) is 0 Å². The zero-order chi connectivity index (χ0) is 9.23. The average molecular weight is 172 g/mol. The normalized spacial score (nSPS) is 12.5. The number of carbonyl (C=O) groups is 1. The van der Waals surface area contributed by atoms with Gasteiger partial charge >= 0.3 is 0 Å². The molecule has 0 saturated carbocycles. The average Bonchev–Trinajstić information content (AvgIpc) is 2.11. The van der Waals surface area contributed by atoms with Gasteiger partial charge in [0.05, 0.1) is 0 Å². The van der Waals surface area contributed by atoms with Gasteiger partial charge in [0, 0.05) is 6.54 Å². The van der Waals surface area contributed by atoms with E-state index in [2.05, 4.69) is 24.7 Å². The zero-order valence-electron chi connectivity index (χ0n) is 8.10. The van der Waals surface area contributed by atoms with E-state index < -0.39 is 0 Å². The van der Waals surface area contributed by atoms with E-state index >= 15 is 0 Å². The van der Waals surface area contributed by atoms with E-state index in [1.165, 1.54) is 25.7 Å².